The van der Waals surface area contributed by atoms with Crippen molar-refractivity contribution < 1.29 is 9.53 Å². The van der Waals surface area contributed by atoms with E-state index in [0.717, 1.165) is 0 Å². The summed E-state index contributed by atoms with van der Waals surface area (Å²) in [7, 11) is -5.03. The van der Waals surface area contributed by atoms with Crippen LogP contribution in [0.1, 0.15) is 6.92 Å². The summed E-state index contributed by atoms with van der Waals surface area (Å²) >= 11 is 0. The highest BCUT2D eigenvalue weighted by Gasteiger charge is 2.62. The highest BCUT2D eigenvalue weighted by molar-refractivity contribution is 7.14. The van der Waals surface area contributed by atoms with E-state index in [-0.39, 0.29) is 10.4 Å². The van der Waals surface area contributed by atoms with Gasteiger partial charge in [-0.3, -0.25) is 0 Å². The van der Waals surface area contributed by atoms with Gasteiger partial charge >= 0.3 is 5.97 Å². The third-order valence-electron chi connectivity index (χ3n) is 3.76. The Balaban J connectivity index is 6.12. The summed E-state index contributed by atoms with van der Waals surface area (Å²) in [6.45, 7) is 26.6. The molecule has 5 heteroatoms. The van der Waals surface area contributed by atoms with Gasteiger partial charge < -0.3 is 4.74 Å². The van der Waals surface area contributed by atoms with E-state index in [1.807, 2.05) is 0 Å². The SMILES string of the molecule is C=C(C)C(=O)OC([Si](C)(C)C)([Si](C)(C)C)[Si](C)(C)C. The fourth-order valence-corrected chi connectivity index (χ4v) is 32.3. The van der Waals surface area contributed by atoms with E-state index in [9.17, 15) is 4.79 Å². The Morgan fingerprint density at radius 2 is 1.11 bits per heavy atom. The molecule has 0 heterocycles. The molecular weight excluding hydrogens is 284 g/mol. The van der Waals surface area contributed by atoms with Crippen molar-refractivity contribution in [1.29, 1.82) is 0 Å². The van der Waals surface area contributed by atoms with Gasteiger partial charge in [0.2, 0.25) is 0 Å². The minimum Gasteiger partial charge on any atom is -0.467 e. The fourth-order valence-electron chi connectivity index (χ4n) is 4.06. The predicted molar refractivity (Wildman–Crippen MR) is 93.7 cm³/mol. The van der Waals surface area contributed by atoms with E-state index in [0.29, 0.717) is 5.57 Å². The molecule has 0 aromatic carbocycles. The Morgan fingerprint density at radius 3 is 1.26 bits per heavy atom. The molecule has 2 nitrogen and oxygen atoms in total. The van der Waals surface area contributed by atoms with E-state index < -0.39 is 24.2 Å². The van der Waals surface area contributed by atoms with Crippen molar-refractivity contribution in [3.63, 3.8) is 0 Å². The third-order valence-corrected chi connectivity index (χ3v) is 23.9. The molecule has 0 amide bonds. The molecule has 0 radical (unpaired) electrons. The van der Waals surface area contributed by atoms with Crippen molar-refractivity contribution in [2.45, 2.75) is 70.3 Å². The Bertz CT molecular complexity index is 332. The molecule has 0 spiro atoms. The molecular formula is C14H32O2Si3. The van der Waals surface area contributed by atoms with Gasteiger partial charge in [-0.15, -0.1) is 0 Å². The lowest BCUT2D eigenvalue weighted by atomic mass is 10.4. The summed E-state index contributed by atoms with van der Waals surface area (Å²) in [5.41, 5.74) is 0.513. The lowest BCUT2D eigenvalue weighted by molar-refractivity contribution is -0.140. The molecule has 0 saturated heterocycles. The third kappa shape index (κ3) is 3.49. The first kappa shape index (κ1) is 18.9. The number of esters is 1. The second-order valence-electron chi connectivity index (χ2n) is 8.60. The van der Waals surface area contributed by atoms with E-state index in [4.69, 9.17) is 4.74 Å². The smallest absolute Gasteiger partial charge is 0.332 e. The molecule has 0 fully saturated rings. The van der Waals surface area contributed by atoms with Crippen LogP contribution in [0.15, 0.2) is 12.2 Å². The van der Waals surface area contributed by atoms with Gasteiger partial charge in [0, 0.05) is 5.57 Å². The summed E-state index contributed by atoms with van der Waals surface area (Å²) in [5, 5.41) is 0. The summed E-state index contributed by atoms with van der Waals surface area (Å²) in [6.07, 6.45) is 0. The Hall–Kier alpha value is -0.139. The Morgan fingerprint density at radius 1 is 0.842 bits per heavy atom. The van der Waals surface area contributed by atoms with Crippen LogP contribution in [-0.2, 0) is 9.53 Å². The van der Waals surface area contributed by atoms with E-state index in [1.54, 1.807) is 6.92 Å². The fraction of sp³-hybridized carbons (Fsp3) is 0.786. The minimum absolute atomic E-state index is 0.178. The number of hydrogen-bond acceptors (Lipinski definition) is 2. The number of carbonyl (C=O) groups is 1. The number of carbonyl (C=O) groups excluding carboxylic acids is 1. The lowest BCUT2D eigenvalue weighted by Gasteiger charge is -2.57. The number of hydrogen-bond donors (Lipinski definition) is 0. The van der Waals surface area contributed by atoms with Gasteiger partial charge in [0.15, 0.2) is 0 Å². The molecule has 0 rings (SSSR count). The first-order valence-corrected chi connectivity index (χ1v) is 17.5. The first-order valence-electron chi connectivity index (χ1n) is 6.97. The van der Waals surface area contributed by atoms with Gasteiger partial charge in [-0.25, -0.2) is 4.79 Å². The van der Waals surface area contributed by atoms with Gasteiger partial charge in [0.05, 0.1) is 28.7 Å². The van der Waals surface area contributed by atoms with Crippen LogP contribution in [-0.4, -0.2) is 34.7 Å². The summed E-state index contributed by atoms with van der Waals surface area (Å²) < 4.78 is 6.06. The van der Waals surface area contributed by atoms with Crippen molar-refractivity contribution in [3.8, 4) is 0 Å². The van der Waals surface area contributed by atoms with Gasteiger partial charge in [0.1, 0.15) is 0 Å². The summed E-state index contributed by atoms with van der Waals surface area (Å²) in [4.78, 5) is 12.2. The zero-order valence-electron chi connectivity index (χ0n) is 14.5. The van der Waals surface area contributed by atoms with Crippen LogP contribution >= 0.6 is 0 Å². The average Bonchev–Trinajstić information content (AvgIpc) is 2.06. The van der Waals surface area contributed by atoms with Crippen LogP contribution in [0, 0.1) is 0 Å². The number of ether oxygens (including phenoxy) is 1. The maximum absolute atomic E-state index is 12.2. The maximum atomic E-state index is 12.2. The van der Waals surface area contributed by atoms with E-state index in [2.05, 4.69) is 65.5 Å². The molecule has 0 aromatic rings. The minimum atomic E-state index is -1.68. The molecule has 0 aliphatic heterocycles. The maximum Gasteiger partial charge on any atom is 0.332 e. The van der Waals surface area contributed by atoms with Crippen molar-refractivity contribution in [2.24, 2.45) is 0 Å². The predicted octanol–water partition coefficient (Wildman–Crippen LogP) is 4.48. The van der Waals surface area contributed by atoms with E-state index in [1.165, 1.54) is 0 Å². The molecule has 19 heavy (non-hydrogen) atoms. The molecule has 112 valence electrons. The second-order valence-corrected chi connectivity index (χ2v) is 25.7. The van der Waals surface area contributed by atoms with Gasteiger partial charge in [-0.05, 0) is 6.92 Å². The molecule has 0 atom stereocenters. The molecule has 0 bridgehead atoms. The van der Waals surface area contributed by atoms with Gasteiger partial charge in [-0.2, -0.15) is 0 Å². The largest absolute Gasteiger partial charge is 0.467 e. The van der Waals surface area contributed by atoms with Crippen molar-refractivity contribution in [2.75, 3.05) is 0 Å². The molecule has 0 N–H and O–H groups in total. The van der Waals surface area contributed by atoms with Gasteiger partial charge in [-0.1, -0.05) is 65.5 Å². The quantitative estimate of drug-likeness (QED) is 0.425. The monoisotopic (exact) mass is 316 g/mol. The van der Waals surface area contributed by atoms with Crippen molar-refractivity contribution >= 4 is 30.2 Å². The topological polar surface area (TPSA) is 26.3 Å². The van der Waals surface area contributed by atoms with Crippen LogP contribution < -0.4 is 0 Å². The van der Waals surface area contributed by atoms with Crippen molar-refractivity contribution in [3.05, 3.63) is 12.2 Å². The number of rotatable bonds is 5. The van der Waals surface area contributed by atoms with E-state index >= 15 is 0 Å². The van der Waals surface area contributed by atoms with Crippen LogP contribution in [0.4, 0.5) is 0 Å². The summed E-state index contributed by atoms with van der Waals surface area (Å²) in [6, 6.07) is 0. The standard InChI is InChI=1S/C14H32O2Si3/c1-12(2)13(15)16-14(17(3,4)5,18(6,7)8)19(9,10)11/h1H2,2-11H3. The first-order chi connectivity index (χ1) is 8.08. The highest BCUT2D eigenvalue weighted by atomic mass is 28.5. The molecule has 0 unspecified atom stereocenters. The zero-order chi connectivity index (χ0) is 15.9. The normalized spacial score (nSPS) is 14.2. The Kier molecular flexibility index (Phi) is 5.29. The lowest BCUT2D eigenvalue weighted by Crippen LogP contribution is -2.79. The van der Waals surface area contributed by atoms with Crippen LogP contribution in [0.3, 0.4) is 0 Å². The van der Waals surface area contributed by atoms with Crippen molar-refractivity contribution in [1.82, 2.24) is 0 Å². The Labute approximate surface area is 122 Å². The molecule has 0 aromatic heterocycles. The summed E-state index contributed by atoms with van der Waals surface area (Å²) in [5.74, 6) is -0.202. The van der Waals surface area contributed by atoms with Crippen LogP contribution in [0.2, 0.25) is 58.9 Å². The zero-order valence-corrected chi connectivity index (χ0v) is 17.5. The highest BCUT2D eigenvalue weighted by Crippen LogP contribution is 2.42. The molecule has 0 aliphatic rings. The molecule has 0 aliphatic carbocycles. The van der Waals surface area contributed by atoms with Crippen LogP contribution in [0.25, 0.3) is 0 Å². The average molecular weight is 317 g/mol. The second kappa shape index (κ2) is 5.33. The van der Waals surface area contributed by atoms with Crippen LogP contribution in [0.5, 0.6) is 0 Å². The molecule has 0 saturated carbocycles. The van der Waals surface area contributed by atoms with Gasteiger partial charge in [0.25, 0.3) is 0 Å².